The summed E-state index contributed by atoms with van der Waals surface area (Å²) in [6.45, 7) is 2.42. The molecule has 1 aromatic carbocycles. The Morgan fingerprint density at radius 2 is 1.95 bits per heavy atom. The van der Waals surface area contributed by atoms with Crippen molar-refractivity contribution in [3.63, 3.8) is 0 Å². The Bertz CT molecular complexity index is 402. The fourth-order valence-corrected chi connectivity index (χ4v) is 2.48. The van der Waals surface area contributed by atoms with Crippen LogP contribution in [0.3, 0.4) is 0 Å². The Labute approximate surface area is 120 Å². The average molecular weight is 276 g/mol. The van der Waals surface area contributed by atoms with Crippen molar-refractivity contribution in [3.05, 3.63) is 30.3 Å². The minimum absolute atomic E-state index is 0.0150. The maximum Gasteiger partial charge on any atom is 0.315 e. The molecule has 2 N–H and O–H groups in total. The number of nitrogens with one attached hydrogen (secondary N) is 2. The molecule has 0 unspecified atom stereocenters. The van der Waals surface area contributed by atoms with E-state index in [-0.39, 0.29) is 12.1 Å². The summed E-state index contributed by atoms with van der Waals surface area (Å²) in [6.07, 6.45) is 5.93. The van der Waals surface area contributed by atoms with Crippen LogP contribution in [0.2, 0.25) is 0 Å². The number of para-hydroxylation sites is 1. The minimum Gasteiger partial charge on any atom is -0.491 e. The number of carbonyl (C=O) groups excluding carboxylic acids is 1. The van der Waals surface area contributed by atoms with Gasteiger partial charge in [-0.1, -0.05) is 37.5 Å². The first-order valence-corrected chi connectivity index (χ1v) is 7.49. The first-order valence-electron chi connectivity index (χ1n) is 7.49. The summed E-state index contributed by atoms with van der Waals surface area (Å²) in [5.41, 5.74) is 0. The number of amides is 2. The molecule has 1 fully saturated rings. The second kappa shape index (κ2) is 7.78. The lowest BCUT2D eigenvalue weighted by molar-refractivity contribution is 0.219. The first kappa shape index (κ1) is 14.7. The summed E-state index contributed by atoms with van der Waals surface area (Å²) < 4.78 is 5.62. The maximum absolute atomic E-state index is 11.9. The number of hydrogen-bond acceptors (Lipinski definition) is 2. The van der Waals surface area contributed by atoms with Crippen molar-refractivity contribution in [2.24, 2.45) is 0 Å². The highest BCUT2D eigenvalue weighted by Gasteiger charge is 2.16. The molecule has 0 aliphatic heterocycles. The fraction of sp³-hybridized carbons (Fsp3) is 0.562. The van der Waals surface area contributed by atoms with Crippen LogP contribution in [0.15, 0.2) is 30.3 Å². The molecule has 4 nitrogen and oxygen atoms in total. The van der Waals surface area contributed by atoms with Gasteiger partial charge in [0.25, 0.3) is 0 Å². The predicted octanol–water partition coefficient (Wildman–Crippen LogP) is 3.09. The Morgan fingerprint density at radius 1 is 1.25 bits per heavy atom. The molecule has 0 radical (unpaired) electrons. The van der Waals surface area contributed by atoms with Gasteiger partial charge in [0.1, 0.15) is 12.4 Å². The minimum atomic E-state index is -0.0824. The average Bonchev–Trinajstić information content (AvgIpc) is 2.47. The van der Waals surface area contributed by atoms with Crippen LogP contribution in [0.25, 0.3) is 0 Å². The smallest absolute Gasteiger partial charge is 0.315 e. The van der Waals surface area contributed by atoms with E-state index in [0.29, 0.717) is 12.6 Å². The second-order valence-electron chi connectivity index (χ2n) is 5.48. The lowest BCUT2D eigenvalue weighted by atomic mass is 9.96. The molecule has 1 aromatic rings. The van der Waals surface area contributed by atoms with Crippen LogP contribution >= 0.6 is 0 Å². The zero-order valence-electron chi connectivity index (χ0n) is 12.1. The Hall–Kier alpha value is -1.71. The molecule has 1 saturated carbocycles. The van der Waals surface area contributed by atoms with Crippen LogP contribution in [-0.2, 0) is 0 Å². The van der Waals surface area contributed by atoms with E-state index in [1.165, 1.54) is 19.3 Å². The quantitative estimate of drug-likeness (QED) is 0.868. The largest absolute Gasteiger partial charge is 0.491 e. The molecule has 0 spiro atoms. The maximum atomic E-state index is 11.9. The third-order valence-electron chi connectivity index (χ3n) is 3.56. The molecular formula is C16H24N2O2. The van der Waals surface area contributed by atoms with Crippen LogP contribution in [0, 0.1) is 0 Å². The lowest BCUT2D eigenvalue weighted by Crippen LogP contribution is -2.47. The van der Waals surface area contributed by atoms with Gasteiger partial charge in [0.05, 0.1) is 6.04 Å². The SMILES string of the molecule is C[C@H](COc1ccccc1)NC(=O)NC1CCCCC1. The molecular weight excluding hydrogens is 252 g/mol. The highest BCUT2D eigenvalue weighted by atomic mass is 16.5. The van der Waals surface area contributed by atoms with Gasteiger partial charge in [-0.25, -0.2) is 4.79 Å². The number of rotatable bonds is 5. The van der Waals surface area contributed by atoms with Gasteiger partial charge < -0.3 is 15.4 Å². The summed E-state index contributed by atoms with van der Waals surface area (Å²) >= 11 is 0. The van der Waals surface area contributed by atoms with E-state index in [4.69, 9.17) is 4.74 Å². The van der Waals surface area contributed by atoms with Crippen LogP contribution in [0.4, 0.5) is 4.79 Å². The van der Waals surface area contributed by atoms with Crippen molar-refractivity contribution in [1.29, 1.82) is 0 Å². The molecule has 20 heavy (non-hydrogen) atoms. The van der Waals surface area contributed by atoms with Gasteiger partial charge in [-0.15, -0.1) is 0 Å². The van der Waals surface area contributed by atoms with Gasteiger partial charge in [0.2, 0.25) is 0 Å². The normalized spacial score (nSPS) is 17.2. The third kappa shape index (κ3) is 5.11. The molecule has 1 atom stereocenters. The van der Waals surface area contributed by atoms with Crippen LogP contribution < -0.4 is 15.4 Å². The van der Waals surface area contributed by atoms with Crippen molar-refractivity contribution in [2.75, 3.05) is 6.61 Å². The van der Waals surface area contributed by atoms with E-state index < -0.39 is 0 Å². The van der Waals surface area contributed by atoms with E-state index >= 15 is 0 Å². The van der Waals surface area contributed by atoms with Gasteiger partial charge >= 0.3 is 6.03 Å². The Balaban J connectivity index is 1.65. The molecule has 0 saturated heterocycles. The molecule has 110 valence electrons. The van der Waals surface area contributed by atoms with E-state index in [1.807, 2.05) is 37.3 Å². The standard InChI is InChI=1S/C16H24N2O2/c1-13(12-20-15-10-6-3-7-11-15)17-16(19)18-14-8-4-2-5-9-14/h3,6-7,10-11,13-14H,2,4-5,8-9,12H2,1H3,(H2,17,18,19)/t13-/m1/s1. The monoisotopic (exact) mass is 276 g/mol. The third-order valence-corrected chi connectivity index (χ3v) is 3.56. The second-order valence-corrected chi connectivity index (χ2v) is 5.48. The highest BCUT2D eigenvalue weighted by Crippen LogP contribution is 2.17. The van der Waals surface area contributed by atoms with Crippen LogP contribution in [0.1, 0.15) is 39.0 Å². The number of carbonyl (C=O) groups is 1. The summed E-state index contributed by atoms with van der Waals surface area (Å²) in [7, 11) is 0. The van der Waals surface area contributed by atoms with E-state index in [2.05, 4.69) is 10.6 Å². The fourth-order valence-electron chi connectivity index (χ4n) is 2.48. The van der Waals surface area contributed by atoms with Crippen molar-refractivity contribution in [2.45, 2.75) is 51.1 Å². The molecule has 0 aromatic heterocycles. The molecule has 2 rings (SSSR count). The molecule has 1 aliphatic rings. The topological polar surface area (TPSA) is 50.4 Å². The summed E-state index contributed by atoms with van der Waals surface area (Å²) in [5.74, 6) is 0.828. The van der Waals surface area contributed by atoms with Gasteiger partial charge in [0.15, 0.2) is 0 Å². The Kier molecular flexibility index (Phi) is 5.71. The molecule has 2 amide bonds. The van der Waals surface area contributed by atoms with Crippen molar-refractivity contribution in [3.8, 4) is 5.75 Å². The zero-order valence-corrected chi connectivity index (χ0v) is 12.1. The summed E-state index contributed by atoms with van der Waals surface area (Å²) in [5, 5.41) is 5.96. The van der Waals surface area contributed by atoms with Crippen molar-refractivity contribution in [1.82, 2.24) is 10.6 Å². The van der Waals surface area contributed by atoms with Gasteiger partial charge in [-0.05, 0) is 31.9 Å². The molecule has 0 heterocycles. The number of urea groups is 1. The van der Waals surface area contributed by atoms with Gasteiger partial charge in [-0.3, -0.25) is 0 Å². The van der Waals surface area contributed by atoms with Gasteiger partial charge in [-0.2, -0.15) is 0 Å². The van der Waals surface area contributed by atoms with Crippen molar-refractivity contribution < 1.29 is 9.53 Å². The highest BCUT2D eigenvalue weighted by molar-refractivity contribution is 5.74. The first-order chi connectivity index (χ1) is 9.74. The van der Waals surface area contributed by atoms with E-state index in [1.54, 1.807) is 0 Å². The number of hydrogen-bond donors (Lipinski definition) is 2. The Morgan fingerprint density at radius 3 is 2.65 bits per heavy atom. The lowest BCUT2D eigenvalue weighted by Gasteiger charge is -2.24. The molecule has 0 bridgehead atoms. The van der Waals surface area contributed by atoms with E-state index in [0.717, 1.165) is 18.6 Å². The van der Waals surface area contributed by atoms with Crippen molar-refractivity contribution >= 4 is 6.03 Å². The predicted molar refractivity (Wildman–Crippen MR) is 79.9 cm³/mol. The van der Waals surface area contributed by atoms with Gasteiger partial charge in [0, 0.05) is 6.04 Å². The number of benzene rings is 1. The molecule has 4 heteroatoms. The molecule has 1 aliphatic carbocycles. The van der Waals surface area contributed by atoms with Crippen LogP contribution in [-0.4, -0.2) is 24.7 Å². The number of ether oxygens (including phenoxy) is 1. The summed E-state index contributed by atoms with van der Waals surface area (Å²) in [6, 6.07) is 9.88. The zero-order chi connectivity index (χ0) is 14.2. The van der Waals surface area contributed by atoms with Crippen LogP contribution in [0.5, 0.6) is 5.75 Å². The summed E-state index contributed by atoms with van der Waals surface area (Å²) in [4.78, 5) is 11.9. The van der Waals surface area contributed by atoms with E-state index in [9.17, 15) is 4.79 Å².